The van der Waals surface area contributed by atoms with Crippen LogP contribution >= 0.6 is 0 Å². The molecule has 18 heavy (non-hydrogen) atoms. The lowest BCUT2D eigenvalue weighted by molar-refractivity contribution is -0.123. The van der Waals surface area contributed by atoms with Crippen LogP contribution in [0.3, 0.4) is 0 Å². The Labute approximate surface area is 110 Å². The van der Waals surface area contributed by atoms with E-state index in [1.54, 1.807) is 13.8 Å². The Morgan fingerprint density at radius 3 is 2.39 bits per heavy atom. The first-order chi connectivity index (χ1) is 8.15. The average Bonchev–Trinajstić information content (AvgIpc) is 2.22. The topological polar surface area (TPSA) is 84.6 Å². The van der Waals surface area contributed by atoms with Crippen molar-refractivity contribution in [2.24, 2.45) is 11.7 Å². The fraction of sp³-hybridized carbons (Fsp3) is 0.923. The molecule has 4 N–H and O–H groups in total. The van der Waals surface area contributed by atoms with E-state index >= 15 is 0 Å². The van der Waals surface area contributed by atoms with E-state index in [9.17, 15) is 9.90 Å². The second kappa shape index (κ2) is 7.71. The third kappa shape index (κ3) is 7.63. The predicted octanol–water partition coefficient (Wildman–Crippen LogP) is 0.652. The number of ether oxygens (including phenoxy) is 1. The zero-order valence-corrected chi connectivity index (χ0v) is 12.2. The van der Waals surface area contributed by atoms with Crippen LogP contribution in [-0.4, -0.2) is 41.9 Å². The molecule has 1 amide bonds. The maximum Gasteiger partial charge on any atom is 0.237 e. The quantitative estimate of drug-likeness (QED) is 0.568. The van der Waals surface area contributed by atoms with Gasteiger partial charge in [-0.2, -0.15) is 0 Å². The Hall–Kier alpha value is -0.650. The molecule has 0 fully saturated rings. The molecule has 0 saturated carbocycles. The van der Waals surface area contributed by atoms with E-state index < -0.39 is 17.6 Å². The van der Waals surface area contributed by atoms with E-state index in [1.807, 2.05) is 6.92 Å². The van der Waals surface area contributed by atoms with Gasteiger partial charge in [-0.15, -0.1) is 0 Å². The van der Waals surface area contributed by atoms with Gasteiger partial charge in [-0.05, 0) is 33.1 Å². The monoisotopic (exact) mass is 260 g/mol. The van der Waals surface area contributed by atoms with Crippen molar-refractivity contribution in [1.29, 1.82) is 0 Å². The van der Waals surface area contributed by atoms with Crippen LogP contribution in [0.2, 0.25) is 0 Å². The fourth-order valence-electron chi connectivity index (χ4n) is 1.53. The van der Waals surface area contributed by atoms with Gasteiger partial charge in [-0.25, -0.2) is 0 Å². The summed E-state index contributed by atoms with van der Waals surface area (Å²) in [5.41, 5.74) is 4.40. The van der Waals surface area contributed by atoms with Gasteiger partial charge < -0.3 is 20.9 Å². The summed E-state index contributed by atoms with van der Waals surface area (Å²) in [7, 11) is 0. The minimum absolute atomic E-state index is 0.129. The van der Waals surface area contributed by atoms with Crippen molar-refractivity contribution in [1.82, 2.24) is 5.32 Å². The summed E-state index contributed by atoms with van der Waals surface area (Å²) >= 11 is 0. The number of amides is 1. The van der Waals surface area contributed by atoms with E-state index in [0.29, 0.717) is 5.92 Å². The maximum absolute atomic E-state index is 11.1. The van der Waals surface area contributed by atoms with Gasteiger partial charge in [-0.1, -0.05) is 13.8 Å². The van der Waals surface area contributed by atoms with Crippen LogP contribution in [0, 0.1) is 5.92 Å². The molecule has 0 aliphatic heterocycles. The number of nitrogens with one attached hydrogen (secondary N) is 1. The molecule has 0 rings (SSSR count). The first-order valence-corrected chi connectivity index (χ1v) is 6.49. The van der Waals surface area contributed by atoms with Crippen molar-refractivity contribution in [3.8, 4) is 0 Å². The molecule has 0 aromatic heterocycles. The molecule has 0 heterocycles. The second-order valence-electron chi connectivity index (χ2n) is 5.80. The lowest BCUT2D eigenvalue weighted by Gasteiger charge is -2.25. The van der Waals surface area contributed by atoms with Crippen molar-refractivity contribution < 1.29 is 14.6 Å². The highest BCUT2D eigenvalue weighted by Crippen LogP contribution is 2.08. The highest BCUT2D eigenvalue weighted by atomic mass is 16.5. The van der Waals surface area contributed by atoms with Crippen LogP contribution < -0.4 is 11.1 Å². The molecule has 0 aliphatic rings. The molecular weight excluding hydrogens is 232 g/mol. The molecule has 0 radical (unpaired) electrons. The van der Waals surface area contributed by atoms with Gasteiger partial charge in [0, 0.05) is 6.54 Å². The largest absolute Gasteiger partial charge is 0.389 e. The summed E-state index contributed by atoms with van der Waals surface area (Å²) in [6.45, 7) is 10.2. The summed E-state index contributed by atoms with van der Waals surface area (Å²) in [5.74, 6) is 0.132. The number of nitrogens with two attached hydrogens (primary N) is 1. The second-order valence-corrected chi connectivity index (χ2v) is 5.80. The molecule has 0 aromatic rings. The number of hydrogen-bond acceptors (Lipinski definition) is 4. The standard InChI is InChI=1S/C13H28N2O3/c1-9(2)6-10(3)18-8-11(16)7-15-13(4,5)12(14)17/h9-11,15-16H,6-8H2,1-5H3,(H2,14,17). The van der Waals surface area contributed by atoms with Gasteiger partial charge in [0.15, 0.2) is 0 Å². The van der Waals surface area contributed by atoms with Gasteiger partial charge in [0.25, 0.3) is 0 Å². The maximum atomic E-state index is 11.1. The van der Waals surface area contributed by atoms with Crippen LogP contribution in [0.5, 0.6) is 0 Å². The summed E-state index contributed by atoms with van der Waals surface area (Å²) in [6.07, 6.45) is 0.453. The summed E-state index contributed by atoms with van der Waals surface area (Å²) in [5, 5.41) is 12.7. The minimum atomic E-state index is -0.815. The van der Waals surface area contributed by atoms with Crippen LogP contribution in [-0.2, 0) is 9.53 Å². The first-order valence-electron chi connectivity index (χ1n) is 6.49. The van der Waals surface area contributed by atoms with Crippen molar-refractivity contribution in [3.63, 3.8) is 0 Å². The van der Waals surface area contributed by atoms with Gasteiger partial charge >= 0.3 is 0 Å². The van der Waals surface area contributed by atoms with Gasteiger partial charge in [0.2, 0.25) is 5.91 Å². The highest BCUT2D eigenvalue weighted by molar-refractivity contribution is 5.83. The number of rotatable bonds is 9. The van der Waals surface area contributed by atoms with Crippen molar-refractivity contribution in [2.75, 3.05) is 13.2 Å². The smallest absolute Gasteiger partial charge is 0.237 e. The Morgan fingerprint density at radius 1 is 1.39 bits per heavy atom. The van der Waals surface area contributed by atoms with Crippen LogP contribution in [0.15, 0.2) is 0 Å². The number of hydrogen-bond donors (Lipinski definition) is 3. The predicted molar refractivity (Wildman–Crippen MR) is 72.2 cm³/mol. The molecule has 5 heteroatoms. The number of aliphatic hydroxyl groups is 1. The van der Waals surface area contributed by atoms with Crippen LogP contribution in [0.1, 0.15) is 41.0 Å². The first kappa shape index (κ1) is 17.4. The number of carbonyl (C=O) groups is 1. The lowest BCUT2D eigenvalue weighted by atomic mass is 10.1. The lowest BCUT2D eigenvalue weighted by Crippen LogP contribution is -2.53. The molecule has 0 bridgehead atoms. The Kier molecular flexibility index (Phi) is 7.43. The molecule has 0 aliphatic carbocycles. The van der Waals surface area contributed by atoms with Gasteiger partial charge in [-0.3, -0.25) is 4.79 Å². The molecule has 5 nitrogen and oxygen atoms in total. The summed E-state index contributed by atoms with van der Waals surface area (Å²) in [4.78, 5) is 11.1. The number of aliphatic hydroxyl groups excluding tert-OH is 1. The molecule has 0 spiro atoms. The van der Waals surface area contributed by atoms with Crippen LogP contribution in [0.25, 0.3) is 0 Å². The minimum Gasteiger partial charge on any atom is -0.389 e. The molecule has 0 saturated heterocycles. The fourth-order valence-corrected chi connectivity index (χ4v) is 1.53. The Balaban J connectivity index is 3.85. The zero-order valence-electron chi connectivity index (χ0n) is 12.2. The number of β-amino-alcohol motifs (C(OH)–C–C–N with tert-alkyl or cyclic N) is 1. The Morgan fingerprint density at radius 2 is 1.94 bits per heavy atom. The van der Waals surface area contributed by atoms with E-state index in [1.165, 1.54) is 0 Å². The summed E-state index contributed by atoms with van der Waals surface area (Å²) < 4.78 is 5.53. The van der Waals surface area contributed by atoms with Crippen LogP contribution in [0.4, 0.5) is 0 Å². The molecular formula is C13H28N2O3. The third-order valence-electron chi connectivity index (χ3n) is 2.77. The number of primary amides is 1. The SMILES string of the molecule is CC(C)CC(C)OCC(O)CNC(C)(C)C(N)=O. The van der Waals surface area contributed by atoms with Crippen molar-refractivity contribution >= 4 is 5.91 Å². The zero-order chi connectivity index (χ0) is 14.3. The average molecular weight is 260 g/mol. The van der Waals surface area contributed by atoms with Crippen molar-refractivity contribution in [3.05, 3.63) is 0 Å². The van der Waals surface area contributed by atoms with E-state index in [0.717, 1.165) is 6.42 Å². The highest BCUT2D eigenvalue weighted by Gasteiger charge is 2.24. The summed E-state index contributed by atoms with van der Waals surface area (Å²) in [6, 6.07) is 0. The molecule has 0 aromatic carbocycles. The Bertz CT molecular complexity index is 255. The molecule has 2 unspecified atom stereocenters. The normalized spacial score (nSPS) is 15.7. The van der Waals surface area contributed by atoms with Gasteiger partial charge in [0.1, 0.15) is 0 Å². The molecule has 108 valence electrons. The van der Waals surface area contributed by atoms with E-state index in [-0.39, 0.29) is 19.3 Å². The van der Waals surface area contributed by atoms with E-state index in [4.69, 9.17) is 10.5 Å². The number of carbonyl (C=O) groups excluding carboxylic acids is 1. The molecule has 2 atom stereocenters. The van der Waals surface area contributed by atoms with Gasteiger partial charge in [0.05, 0.1) is 24.4 Å². The third-order valence-corrected chi connectivity index (χ3v) is 2.77. The van der Waals surface area contributed by atoms with E-state index in [2.05, 4.69) is 19.2 Å². The van der Waals surface area contributed by atoms with Crippen molar-refractivity contribution in [2.45, 2.75) is 58.8 Å².